The first-order valence-electron chi connectivity index (χ1n) is 5.89. The molecule has 4 heteroatoms. The Kier molecular flexibility index (Phi) is 2.78. The molecule has 0 aliphatic heterocycles. The molecule has 4 nitrogen and oxygen atoms in total. The highest BCUT2D eigenvalue weighted by atomic mass is 16.2. The number of rotatable bonds is 3. The smallest absolute Gasteiger partial charge is 0.113 e. The van der Waals surface area contributed by atoms with Crippen molar-refractivity contribution >= 4 is 11.0 Å². The van der Waals surface area contributed by atoms with Crippen LogP contribution in [0.1, 0.15) is 5.56 Å². The molecule has 0 bridgehead atoms. The van der Waals surface area contributed by atoms with Crippen molar-refractivity contribution in [2.24, 2.45) is 0 Å². The minimum Gasteiger partial charge on any atom is -0.396 e. The number of hydrogen-bond donors (Lipinski definition) is 1. The number of hydrogen-bond acceptors (Lipinski definition) is 3. The summed E-state index contributed by atoms with van der Waals surface area (Å²) in [7, 11) is 0. The maximum Gasteiger partial charge on any atom is 0.113 e. The van der Waals surface area contributed by atoms with Gasteiger partial charge in [-0.3, -0.25) is 0 Å². The van der Waals surface area contributed by atoms with Gasteiger partial charge >= 0.3 is 0 Å². The van der Waals surface area contributed by atoms with Gasteiger partial charge in [0.05, 0.1) is 5.69 Å². The van der Waals surface area contributed by atoms with Crippen molar-refractivity contribution in [3.05, 3.63) is 54.1 Å². The third kappa shape index (κ3) is 1.98. The van der Waals surface area contributed by atoms with Crippen molar-refractivity contribution < 1.29 is 5.11 Å². The number of aliphatic hydroxyl groups excluding tert-OH is 1. The van der Waals surface area contributed by atoms with E-state index in [1.807, 2.05) is 48.5 Å². The number of aliphatic hydroxyl groups is 1. The molecule has 1 aromatic heterocycles. The molecule has 0 unspecified atom stereocenters. The van der Waals surface area contributed by atoms with Crippen LogP contribution in [0, 0.1) is 0 Å². The highest BCUT2D eigenvalue weighted by molar-refractivity contribution is 5.73. The summed E-state index contributed by atoms with van der Waals surface area (Å²) in [6, 6.07) is 15.7. The van der Waals surface area contributed by atoms with Crippen LogP contribution in [0.15, 0.2) is 48.5 Å². The summed E-state index contributed by atoms with van der Waals surface area (Å²) >= 11 is 0. The fraction of sp³-hybridized carbons (Fsp3) is 0.143. The van der Waals surface area contributed by atoms with Crippen LogP contribution in [0.5, 0.6) is 0 Å². The molecule has 0 fully saturated rings. The van der Waals surface area contributed by atoms with Crippen molar-refractivity contribution in [2.45, 2.75) is 6.42 Å². The van der Waals surface area contributed by atoms with E-state index in [-0.39, 0.29) is 6.61 Å². The topological polar surface area (TPSA) is 50.9 Å². The Bertz CT molecular complexity index is 642. The summed E-state index contributed by atoms with van der Waals surface area (Å²) < 4.78 is 0. The Morgan fingerprint density at radius 1 is 0.944 bits per heavy atom. The average molecular weight is 239 g/mol. The van der Waals surface area contributed by atoms with Gasteiger partial charge in [0.25, 0.3) is 0 Å². The van der Waals surface area contributed by atoms with Gasteiger partial charge in [-0.2, -0.15) is 4.80 Å². The lowest BCUT2D eigenvalue weighted by molar-refractivity contribution is 0.299. The Morgan fingerprint density at radius 3 is 2.33 bits per heavy atom. The standard InChI is InChI=1S/C14H13N3O/c18-9-8-11-4-3-5-12(10-11)17-15-13-6-1-2-7-14(13)16-17/h1-7,10,18H,8-9H2. The lowest BCUT2D eigenvalue weighted by Gasteiger charge is -2.02. The minimum atomic E-state index is 0.151. The van der Waals surface area contributed by atoms with Gasteiger partial charge in [0.2, 0.25) is 0 Å². The normalized spacial score (nSPS) is 10.9. The van der Waals surface area contributed by atoms with Crippen LogP contribution in [-0.2, 0) is 6.42 Å². The van der Waals surface area contributed by atoms with Crippen LogP contribution in [0.4, 0.5) is 0 Å². The van der Waals surface area contributed by atoms with Crippen LogP contribution < -0.4 is 0 Å². The van der Waals surface area contributed by atoms with Crippen molar-refractivity contribution in [3.63, 3.8) is 0 Å². The summed E-state index contributed by atoms with van der Waals surface area (Å²) in [6.07, 6.45) is 0.647. The van der Waals surface area contributed by atoms with E-state index in [1.54, 1.807) is 4.80 Å². The van der Waals surface area contributed by atoms with E-state index in [2.05, 4.69) is 10.2 Å². The SMILES string of the molecule is OCCc1cccc(-n2nc3ccccc3n2)c1. The number of benzene rings is 2. The molecule has 1 N–H and O–H groups in total. The predicted octanol–water partition coefficient (Wildman–Crippen LogP) is 1.96. The van der Waals surface area contributed by atoms with Crippen LogP contribution >= 0.6 is 0 Å². The molecule has 0 saturated carbocycles. The molecule has 0 spiro atoms. The zero-order valence-corrected chi connectivity index (χ0v) is 9.82. The summed E-state index contributed by atoms with van der Waals surface area (Å²) in [5, 5.41) is 17.8. The summed E-state index contributed by atoms with van der Waals surface area (Å²) in [6.45, 7) is 0.151. The molecule has 0 radical (unpaired) electrons. The first kappa shape index (κ1) is 10.9. The minimum absolute atomic E-state index is 0.151. The van der Waals surface area contributed by atoms with E-state index >= 15 is 0 Å². The van der Waals surface area contributed by atoms with Crippen molar-refractivity contribution in [3.8, 4) is 5.69 Å². The summed E-state index contributed by atoms with van der Waals surface area (Å²) in [4.78, 5) is 1.63. The highest BCUT2D eigenvalue weighted by Gasteiger charge is 2.04. The van der Waals surface area contributed by atoms with Crippen LogP contribution in [0.2, 0.25) is 0 Å². The van der Waals surface area contributed by atoms with Gasteiger partial charge in [-0.25, -0.2) is 0 Å². The maximum atomic E-state index is 8.96. The Hall–Kier alpha value is -2.20. The van der Waals surface area contributed by atoms with Gasteiger partial charge in [0, 0.05) is 6.61 Å². The van der Waals surface area contributed by atoms with E-state index in [4.69, 9.17) is 5.11 Å². The van der Waals surface area contributed by atoms with Gasteiger partial charge in [-0.15, -0.1) is 10.2 Å². The third-order valence-corrected chi connectivity index (χ3v) is 2.83. The maximum absolute atomic E-state index is 8.96. The van der Waals surface area contributed by atoms with E-state index in [0.29, 0.717) is 6.42 Å². The molecule has 1 heterocycles. The van der Waals surface area contributed by atoms with Crippen LogP contribution in [0.3, 0.4) is 0 Å². The average Bonchev–Trinajstić information content (AvgIpc) is 2.83. The molecule has 0 aliphatic rings. The highest BCUT2D eigenvalue weighted by Crippen LogP contribution is 2.13. The van der Waals surface area contributed by atoms with Crippen molar-refractivity contribution in [2.75, 3.05) is 6.61 Å². The number of aromatic nitrogens is 3. The Morgan fingerprint density at radius 2 is 1.67 bits per heavy atom. The molecule has 0 saturated heterocycles. The van der Waals surface area contributed by atoms with Gasteiger partial charge in [0.1, 0.15) is 11.0 Å². The second kappa shape index (κ2) is 4.58. The van der Waals surface area contributed by atoms with E-state index in [9.17, 15) is 0 Å². The predicted molar refractivity (Wildman–Crippen MR) is 69.7 cm³/mol. The fourth-order valence-electron chi connectivity index (χ4n) is 1.94. The summed E-state index contributed by atoms with van der Waals surface area (Å²) in [5.74, 6) is 0. The second-order valence-electron chi connectivity index (χ2n) is 4.12. The first-order chi connectivity index (χ1) is 8.86. The largest absolute Gasteiger partial charge is 0.396 e. The molecule has 0 aliphatic carbocycles. The molecular weight excluding hydrogens is 226 g/mol. The molecule has 0 atom stereocenters. The monoisotopic (exact) mass is 239 g/mol. The zero-order chi connectivity index (χ0) is 12.4. The van der Waals surface area contributed by atoms with E-state index < -0.39 is 0 Å². The third-order valence-electron chi connectivity index (χ3n) is 2.83. The van der Waals surface area contributed by atoms with E-state index in [1.165, 1.54) is 0 Å². The first-order valence-corrected chi connectivity index (χ1v) is 5.89. The molecule has 18 heavy (non-hydrogen) atoms. The molecule has 90 valence electrons. The zero-order valence-electron chi connectivity index (χ0n) is 9.82. The lowest BCUT2D eigenvalue weighted by Crippen LogP contribution is -2.00. The van der Waals surface area contributed by atoms with Crippen LogP contribution in [0.25, 0.3) is 16.7 Å². The van der Waals surface area contributed by atoms with Crippen molar-refractivity contribution in [1.29, 1.82) is 0 Å². The molecule has 3 rings (SSSR count). The Balaban J connectivity index is 2.05. The summed E-state index contributed by atoms with van der Waals surface area (Å²) in [5.41, 5.74) is 3.75. The number of nitrogens with zero attached hydrogens (tertiary/aromatic N) is 3. The van der Waals surface area contributed by atoms with Gasteiger partial charge in [-0.05, 0) is 36.2 Å². The molecule has 0 amide bonds. The lowest BCUT2D eigenvalue weighted by atomic mass is 10.1. The van der Waals surface area contributed by atoms with E-state index in [0.717, 1.165) is 22.3 Å². The molecule has 3 aromatic rings. The van der Waals surface area contributed by atoms with Crippen LogP contribution in [-0.4, -0.2) is 26.7 Å². The van der Waals surface area contributed by atoms with Crippen molar-refractivity contribution in [1.82, 2.24) is 15.0 Å². The molecule has 2 aromatic carbocycles. The number of fused-ring (bicyclic) bond motifs is 1. The van der Waals surface area contributed by atoms with Gasteiger partial charge < -0.3 is 5.11 Å². The fourth-order valence-corrected chi connectivity index (χ4v) is 1.94. The van der Waals surface area contributed by atoms with Gasteiger partial charge in [0.15, 0.2) is 0 Å². The Labute approximate surface area is 104 Å². The second-order valence-corrected chi connectivity index (χ2v) is 4.12. The quantitative estimate of drug-likeness (QED) is 0.760. The van der Waals surface area contributed by atoms with Gasteiger partial charge in [-0.1, -0.05) is 24.3 Å². The molecular formula is C14H13N3O.